The number of rotatable bonds is 6. The van der Waals surface area contributed by atoms with Crippen LogP contribution in [0.5, 0.6) is 11.6 Å². The van der Waals surface area contributed by atoms with Crippen LogP contribution in [0, 0.1) is 11.7 Å². The number of methoxy groups -OCH3 is 2. The van der Waals surface area contributed by atoms with Gasteiger partial charge in [0.05, 0.1) is 25.1 Å². The molecule has 10 heteroatoms. The van der Waals surface area contributed by atoms with Crippen LogP contribution in [-0.4, -0.2) is 34.7 Å². The van der Waals surface area contributed by atoms with Crippen molar-refractivity contribution in [1.82, 2.24) is 19.9 Å². The first kappa shape index (κ1) is 23.5. The zero-order valence-electron chi connectivity index (χ0n) is 18.6. The molecular weight excluding hydrogens is 476 g/mol. The van der Waals surface area contributed by atoms with Crippen molar-refractivity contribution in [3.8, 4) is 17.4 Å². The molecule has 0 saturated heterocycles. The highest BCUT2D eigenvalue weighted by molar-refractivity contribution is 7.71. The second-order valence-electron chi connectivity index (χ2n) is 7.48. The van der Waals surface area contributed by atoms with Crippen LogP contribution in [0.3, 0.4) is 0 Å². The number of amides is 1. The van der Waals surface area contributed by atoms with Gasteiger partial charge in [-0.3, -0.25) is 9.59 Å². The highest BCUT2D eigenvalue weighted by atomic mass is 35.5. The summed E-state index contributed by atoms with van der Waals surface area (Å²) in [6.07, 6.45) is 0. The summed E-state index contributed by atoms with van der Waals surface area (Å²) in [4.78, 5) is 33.6. The van der Waals surface area contributed by atoms with Crippen LogP contribution in [-0.2, 0) is 6.54 Å². The van der Waals surface area contributed by atoms with Crippen LogP contribution in [0.25, 0.3) is 16.7 Å². The Bertz CT molecular complexity index is 1530. The minimum Gasteiger partial charge on any atom is -0.491 e. The Morgan fingerprint density at radius 2 is 1.97 bits per heavy atom. The molecule has 1 amide bonds. The van der Waals surface area contributed by atoms with E-state index in [1.807, 2.05) is 12.1 Å². The molecule has 0 atom stereocenters. The summed E-state index contributed by atoms with van der Waals surface area (Å²) < 4.78 is 11.9. The van der Waals surface area contributed by atoms with Crippen molar-refractivity contribution in [3.05, 3.63) is 85.4 Å². The van der Waals surface area contributed by atoms with Gasteiger partial charge in [-0.05, 0) is 66.7 Å². The lowest BCUT2D eigenvalue weighted by Crippen LogP contribution is -2.25. The van der Waals surface area contributed by atoms with Gasteiger partial charge in [0, 0.05) is 17.1 Å². The van der Waals surface area contributed by atoms with E-state index in [1.165, 1.54) is 18.8 Å². The van der Waals surface area contributed by atoms with Gasteiger partial charge in [0.1, 0.15) is 5.82 Å². The number of carbonyl (C=O) groups is 1. The molecule has 0 bridgehead atoms. The van der Waals surface area contributed by atoms with E-state index >= 15 is 0 Å². The van der Waals surface area contributed by atoms with E-state index in [9.17, 15) is 9.59 Å². The Labute approximate surface area is 205 Å². The van der Waals surface area contributed by atoms with Gasteiger partial charge in [-0.15, -0.1) is 0 Å². The largest absolute Gasteiger partial charge is 0.491 e. The minimum atomic E-state index is -0.359. The molecule has 0 saturated carbocycles. The van der Waals surface area contributed by atoms with Gasteiger partial charge in [0.25, 0.3) is 17.3 Å². The zero-order chi connectivity index (χ0) is 24.4. The summed E-state index contributed by atoms with van der Waals surface area (Å²) in [5.41, 5.74) is 2.00. The monoisotopic (exact) mass is 496 g/mol. The van der Waals surface area contributed by atoms with Crippen LogP contribution in [0.15, 0.2) is 53.3 Å². The molecule has 4 aromatic rings. The Morgan fingerprint density at radius 3 is 2.68 bits per heavy atom. The summed E-state index contributed by atoms with van der Waals surface area (Å²) in [7, 11) is 2.96. The number of benzene rings is 2. The van der Waals surface area contributed by atoms with Gasteiger partial charge in [0.15, 0.2) is 10.5 Å². The molecule has 2 aromatic carbocycles. The summed E-state index contributed by atoms with van der Waals surface area (Å²) in [6.45, 7) is 2.08. The topological polar surface area (TPSA) is 98.2 Å². The number of pyridine rings is 1. The molecule has 34 heavy (non-hydrogen) atoms. The number of hydrogen-bond donors (Lipinski definition) is 2. The van der Waals surface area contributed by atoms with Gasteiger partial charge in [0.2, 0.25) is 0 Å². The van der Waals surface area contributed by atoms with Crippen LogP contribution in [0.4, 0.5) is 0 Å². The molecule has 2 N–H and O–H groups in total. The summed E-state index contributed by atoms with van der Waals surface area (Å²) in [6, 6.07) is 13.8. The van der Waals surface area contributed by atoms with Crippen molar-refractivity contribution in [1.29, 1.82) is 0 Å². The van der Waals surface area contributed by atoms with Crippen LogP contribution < -0.4 is 20.3 Å². The lowest BCUT2D eigenvalue weighted by Gasteiger charge is -2.13. The Morgan fingerprint density at radius 1 is 1.18 bits per heavy atom. The number of aromatic nitrogens is 3. The van der Waals surface area contributed by atoms with Crippen molar-refractivity contribution in [2.45, 2.75) is 13.5 Å². The van der Waals surface area contributed by atoms with E-state index in [0.717, 1.165) is 5.56 Å². The second-order valence-corrected chi connectivity index (χ2v) is 8.30. The summed E-state index contributed by atoms with van der Waals surface area (Å²) in [5, 5.41) is 3.87. The minimum absolute atomic E-state index is 0.133. The van der Waals surface area contributed by atoms with Gasteiger partial charge in [-0.25, -0.2) is 4.57 Å². The fourth-order valence-corrected chi connectivity index (χ4v) is 4.16. The molecule has 174 valence electrons. The maximum absolute atomic E-state index is 13.4. The fourth-order valence-electron chi connectivity index (χ4n) is 3.66. The molecule has 0 spiro atoms. The number of aromatic amines is 1. The average Bonchev–Trinajstić information content (AvgIpc) is 2.81. The maximum atomic E-state index is 13.4. The summed E-state index contributed by atoms with van der Waals surface area (Å²) >= 11 is 11.5. The highest BCUT2D eigenvalue weighted by Gasteiger charge is 2.16. The quantitative estimate of drug-likeness (QED) is 0.385. The van der Waals surface area contributed by atoms with E-state index in [4.69, 9.17) is 33.3 Å². The van der Waals surface area contributed by atoms with E-state index in [-0.39, 0.29) is 27.9 Å². The molecule has 4 rings (SSSR count). The molecular formula is C24H21ClN4O4S. The smallest absolute Gasteiger partial charge is 0.268 e. The maximum Gasteiger partial charge on any atom is 0.268 e. The third-order valence-corrected chi connectivity index (χ3v) is 5.77. The van der Waals surface area contributed by atoms with E-state index < -0.39 is 0 Å². The molecule has 8 nitrogen and oxygen atoms in total. The number of aryl methyl sites for hydroxylation is 1. The average molecular weight is 497 g/mol. The van der Waals surface area contributed by atoms with Gasteiger partial charge in [-0.2, -0.15) is 4.98 Å². The number of H-pyrrole nitrogens is 1. The van der Waals surface area contributed by atoms with Crippen molar-refractivity contribution in [2.75, 3.05) is 14.2 Å². The molecule has 0 aliphatic carbocycles. The van der Waals surface area contributed by atoms with E-state index in [2.05, 4.69) is 15.3 Å². The molecule has 2 heterocycles. The molecule has 0 aliphatic heterocycles. The Kier molecular flexibility index (Phi) is 6.67. The lowest BCUT2D eigenvalue weighted by atomic mass is 10.1. The molecule has 0 aliphatic rings. The fraction of sp³-hybridized carbons (Fsp3) is 0.167. The number of nitrogens with zero attached hydrogens (tertiary/aromatic N) is 2. The van der Waals surface area contributed by atoms with Crippen LogP contribution in [0.1, 0.15) is 21.5 Å². The first-order valence-corrected chi connectivity index (χ1v) is 11.0. The number of nitrogens with one attached hydrogen (secondary N) is 2. The van der Waals surface area contributed by atoms with Crippen LogP contribution >= 0.6 is 23.8 Å². The normalized spacial score (nSPS) is 10.8. The lowest BCUT2D eigenvalue weighted by molar-refractivity contribution is 0.0951. The predicted octanol–water partition coefficient (Wildman–Crippen LogP) is 4.35. The first-order valence-electron chi connectivity index (χ1n) is 10.2. The standard InChI is InChI=1S/C24H21ClN4O4S/c1-13-9-15(21(30)26-12-14-5-4-6-16(25)10-14)11-17-20(13)23(31)29(24(34)27-17)19-8-7-18(32-2)22(28-19)33-3/h4-11H,12H2,1-3H3,(H,26,30)(H,27,34). The number of carbonyl (C=O) groups excluding carboxylic acids is 1. The third-order valence-electron chi connectivity index (χ3n) is 5.25. The van der Waals surface area contributed by atoms with Crippen molar-refractivity contribution < 1.29 is 14.3 Å². The predicted molar refractivity (Wildman–Crippen MR) is 133 cm³/mol. The third kappa shape index (κ3) is 4.52. The van der Waals surface area contributed by atoms with E-state index in [0.29, 0.717) is 39.3 Å². The highest BCUT2D eigenvalue weighted by Crippen LogP contribution is 2.25. The number of hydrogen-bond acceptors (Lipinski definition) is 6. The molecule has 0 fully saturated rings. The van der Waals surface area contributed by atoms with Crippen molar-refractivity contribution in [3.63, 3.8) is 0 Å². The first-order chi connectivity index (χ1) is 16.3. The second kappa shape index (κ2) is 9.66. The number of halogens is 1. The van der Waals surface area contributed by atoms with Crippen molar-refractivity contribution >= 4 is 40.6 Å². The summed E-state index contributed by atoms with van der Waals surface area (Å²) in [5.74, 6) is 0.660. The van der Waals surface area contributed by atoms with Crippen molar-refractivity contribution in [2.24, 2.45) is 0 Å². The van der Waals surface area contributed by atoms with Gasteiger partial charge >= 0.3 is 0 Å². The molecule has 2 aromatic heterocycles. The number of fused-ring (bicyclic) bond motifs is 1. The van der Waals surface area contributed by atoms with Gasteiger partial charge in [-0.1, -0.05) is 23.7 Å². The Balaban J connectivity index is 1.72. The van der Waals surface area contributed by atoms with Crippen LogP contribution in [0.2, 0.25) is 5.02 Å². The SMILES string of the molecule is COc1ccc(-n2c(=S)[nH]c3cc(C(=O)NCc4cccc(Cl)c4)cc(C)c3c2=O)nc1OC. The zero-order valence-corrected chi connectivity index (χ0v) is 20.2. The van der Waals surface area contributed by atoms with E-state index in [1.54, 1.807) is 43.3 Å². The molecule has 0 unspecified atom stereocenters. The number of ether oxygens (including phenoxy) is 2. The Hall–Kier alpha value is -3.69. The van der Waals surface area contributed by atoms with Gasteiger partial charge < -0.3 is 19.8 Å². The molecule has 0 radical (unpaired) electrons.